The van der Waals surface area contributed by atoms with Gasteiger partial charge in [0.1, 0.15) is 11.7 Å². The molecule has 0 aliphatic rings. The topological polar surface area (TPSA) is 236 Å². The predicted molar refractivity (Wildman–Crippen MR) is 170 cm³/mol. The molecule has 250 valence electrons. The van der Waals surface area contributed by atoms with Crippen molar-refractivity contribution in [3.8, 4) is 23.0 Å². The molecule has 1 atom stereocenters. The smallest absolute Gasteiger partial charge is 0.339 e. The Bertz CT molecular complexity index is 1670. The van der Waals surface area contributed by atoms with Crippen molar-refractivity contribution >= 4 is 46.7 Å². The van der Waals surface area contributed by atoms with Gasteiger partial charge < -0.3 is 51.2 Å². The fourth-order valence-electron chi connectivity index (χ4n) is 4.17. The molecule has 4 amide bonds. The number of nitrogens with one attached hydrogen (secondary N) is 3. The number of aromatic hydroxyl groups is 2. The molecule has 0 saturated carbocycles. The Balaban J connectivity index is 1.84. The lowest BCUT2D eigenvalue weighted by atomic mass is 10.1. The van der Waals surface area contributed by atoms with E-state index < -0.39 is 65.0 Å². The van der Waals surface area contributed by atoms with Gasteiger partial charge in [0.25, 0.3) is 11.8 Å². The summed E-state index contributed by atoms with van der Waals surface area (Å²) in [5.41, 5.74) is 4.99. The summed E-state index contributed by atoms with van der Waals surface area (Å²) in [7, 11) is 1.26. The summed E-state index contributed by atoms with van der Waals surface area (Å²) in [6, 6.07) is 10.7. The van der Waals surface area contributed by atoms with Crippen LogP contribution in [0.25, 0.3) is 0 Å². The third-order valence-corrected chi connectivity index (χ3v) is 6.35. The fraction of sp³-hybridized carbons (Fsp3) is 0.281. The number of phenols is 2. The minimum Gasteiger partial charge on any atom is -0.504 e. The molecule has 3 rings (SSSR count). The molecule has 0 spiro atoms. The first-order valence-corrected chi connectivity index (χ1v) is 14.3. The van der Waals surface area contributed by atoms with Gasteiger partial charge in [-0.3, -0.25) is 19.2 Å². The molecule has 15 nitrogen and oxygen atoms in total. The van der Waals surface area contributed by atoms with Crippen LogP contribution in [0, 0.1) is 0 Å². The van der Waals surface area contributed by atoms with Crippen LogP contribution in [0.15, 0.2) is 48.5 Å². The van der Waals surface area contributed by atoms with Crippen LogP contribution in [0.4, 0.5) is 17.1 Å². The lowest BCUT2D eigenvalue weighted by Crippen LogP contribution is -2.33. The molecule has 1 unspecified atom stereocenters. The molecule has 0 fully saturated rings. The Morgan fingerprint density at radius 3 is 1.68 bits per heavy atom. The third-order valence-electron chi connectivity index (χ3n) is 6.35. The molecule has 3 aromatic carbocycles. The lowest BCUT2D eigenvalue weighted by molar-refractivity contribution is -0.132. The normalized spacial score (nSPS) is 11.5. The Morgan fingerprint density at radius 2 is 1.21 bits per heavy atom. The van der Waals surface area contributed by atoms with E-state index in [2.05, 4.69) is 16.0 Å². The zero-order chi connectivity index (χ0) is 35.0. The second-order valence-corrected chi connectivity index (χ2v) is 10.7. The van der Waals surface area contributed by atoms with Gasteiger partial charge in [-0.05, 0) is 76.2 Å². The van der Waals surface area contributed by atoms with Gasteiger partial charge in [-0.15, -0.1) is 0 Å². The highest BCUT2D eigenvalue weighted by atomic mass is 16.5. The monoisotopic (exact) mass is 652 g/mol. The third kappa shape index (κ3) is 9.11. The molecular formula is C32H36N4O11. The highest BCUT2D eigenvalue weighted by molar-refractivity contribution is 6.10. The fourth-order valence-corrected chi connectivity index (χ4v) is 4.17. The van der Waals surface area contributed by atoms with Crippen LogP contribution in [0.1, 0.15) is 65.2 Å². The molecule has 15 heteroatoms. The van der Waals surface area contributed by atoms with E-state index in [1.165, 1.54) is 49.6 Å². The van der Waals surface area contributed by atoms with Crippen molar-refractivity contribution in [3.63, 3.8) is 0 Å². The Labute approximate surface area is 269 Å². The van der Waals surface area contributed by atoms with Crippen LogP contribution in [-0.2, 0) is 14.3 Å². The Kier molecular flexibility index (Phi) is 11.7. The summed E-state index contributed by atoms with van der Waals surface area (Å²) in [6.07, 6.45) is -2.37. The van der Waals surface area contributed by atoms with Gasteiger partial charge in [-0.25, -0.2) is 4.79 Å². The van der Waals surface area contributed by atoms with E-state index >= 15 is 0 Å². The number of primary amides is 1. The van der Waals surface area contributed by atoms with Gasteiger partial charge in [-0.2, -0.15) is 0 Å². The number of ether oxygens (including phenoxy) is 3. The number of benzene rings is 3. The summed E-state index contributed by atoms with van der Waals surface area (Å²) in [6.45, 7) is 6.63. The number of amides is 4. The number of anilines is 3. The van der Waals surface area contributed by atoms with E-state index in [4.69, 9.17) is 19.9 Å². The second-order valence-electron chi connectivity index (χ2n) is 10.7. The number of phenolic OH excluding ortho intramolecular Hbond substituents is 1. The number of hydrogen-bond acceptors (Lipinski definition) is 10. The van der Waals surface area contributed by atoms with Gasteiger partial charge in [0, 0.05) is 18.4 Å². The lowest BCUT2D eigenvalue weighted by Gasteiger charge is -2.20. The Hall–Kier alpha value is -5.83. The molecule has 0 heterocycles. The predicted octanol–water partition coefficient (Wildman–Crippen LogP) is 3.70. The van der Waals surface area contributed by atoms with Crippen LogP contribution >= 0.6 is 0 Å². The van der Waals surface area contributed by atoms with Gasteiger partial charge >= 0.3 is 5.97 Å². The van der Waals surface area contributed by atoms with Crippen LogP contribution in [0.3, 0.4) is 0 Å². The summed E-state index contributed by atoms with van der Waals surface area (Å²) in [5.74, 6) is -5.93. The maximum atomic E-state index is 13.3. The number of hydrogen-bond donors (Lipinski definition) is 7. The molecule has 0 aliphatic carbocycles. The zero-order valence-electron chi connectivity index (χ0n) is 26.2. The van der Waals surface area contributed by atoms with E-state index in [-0.39, 0.29) is 40.4 Å². The highest BCUT2D eigenvalue weighted by Gasteiger charge is 2.25. The number of rotatable bonds is 14. The van der Waals surface area contributed by atoms with E-state index in [9.17, 15) is 39.3 Å². The first-order valence-electron chi connectivity index (χ1n) is 14.3. The molecule has 47 heavy (non-hydrogen) atoms. The maximum Gasteiger partial charge on any atom is 0.339 e. The molecule has 0 bridgehead atoms. The van der Waals surface area contributed by atoms with Crippen LogP contribution < -0.4 is 31.2 Å². The number of carboxylic acids is 1. The van der Waals surface area contributed by atoms with Gasteiger partial charge in [-0.1, -0.05) is 0 Å². The van der Waals surface area contributed by atoms with Crippen molar-refractivity contribution in [1.82, 2.24) is 0 Å². The van der Waals surface area contributed by atoms with E-state index in [1.807, 2.05) is 0 Å². The molecule has 0 aliphatic heterocycles. The number of methoxy groups -OCH3 is 1. The first kappa shape index (κ1) is 35.6. The second kappa shape index (κ2) is 15.4. The van der Waals surface area contributed by atoms with Crippen LogP contribution in [-0.4, -0.2) is 70.3 Å². The summed E-state index contributed by atoms with van der Waals surface area (Å²) >= 11 is 0. The van der Waals surface area contributed by atoms with Gasteiger partial charge in [0.15, 0.2) is 23.0 Å². The first-order chi connectivity index (χ1) is 22.1. The number of carboxylic acid groups (broad SMARTS) is 1. The van der Waals surface area contributed by atoms with E-state index in [0.29, 0.717) is 5.69 Å². The number of carbonyl (C=O) groups excluding carboxylic acids is 4. The minimum absolute atomic E-state index is 0.0412. The van der Waals surface area contributed by atoms with Gasteiger partial charge in [0.2, 0.25) is 11.8 Å². The van der Waals surface area contributed by atoms with Gasteiger partial charge in [0.05, 0.1) is 35.6 Å². The van der Waals surface area contributed by atoms with Crippen LogP contribution in [0.2, 0.25) is 0 Å². The maximum absolute atomic E-state index is 13.3. The van der Waals surface area contributed by atoms with Crippen LogP contribution in [0.5, 0.6) is 23.0 Å². The highest BCUT2D eigenvalue weighted by Crippen LogP contribution is 2.41. The summed E-state index contributed by atoms with van der Waals surface area (Å²) < 4.78 is 16.2. The SMILES string of the molecule is COC(CC(=O)Nc1ccc(C(=O)Nc2ccc(C(=O)Nc3ccc(C(=O)O)c(O)c3OC(C)C)c(O)c2OC(C)C)cc1)C(N)=O. The molecule has 0 saturated heterocycles. The molecule has 0 radical (unpaired) electrons. The number of nitrogens with two attached hydrogens (primary N) is 1. The van der Waals surface area contributed by atoms with Crippen molar-refractivity contribution in [2.45, 2.75) is 52.4 Å². The standard InChI is InChI=1S/C32H36N4O11/c1-15(2)46-27-21(35-30(41)17-6-8-18(9-7-17)34-24(37)14-23(45-5)29(33)40)12-10-19(25(27)38)31(42)36-22-13-11-20(32(43)44)26(39)28(22)47-16(3)4/h6-13,15-16,23,38-39H,14H2,1-5H3,(H2,33,40)(H,34,37)(H,35,41)(H,36,42)(H,43,44). The molecule has 0 aromatic heterocycles. The summed E-state index contributed by atoms with van der Waals surface area (Å²) in [5, 5.41) is 38.7. The zero-order valence-corrected chi connectivity index (χ0v) is 26.2. The molecule has 3 aromatic rings. The van der Waals surface area contributed by atoms with Crippen molar-refractivity contribution in [2.75, 3.05) is 23.1 Å². The average molecular weight is 653 g/mol. The van der Waals surface area contributed by atoms with Crippen molar-refractivity contribution in [1.29, 1.82) is 0 Å². The van der Waals surface area contributed by atoms with Crippen molar-refractivity contribution in [3.05, 3.63) is 65.2 Å². The summed E-state index contributed by atoms with van der Waals surface area (Å²) in [4.78, 5) is 61.4. The number of carbonyl (C=O) groups is 5. The Morgan fingerprint density at radius 1 is 0.723 bits per heavy atom. The molecular weight excluding hydrogens is 616 g/mol. The quantitative estimate of drug-likeness (QED) is 0.133. The van der Waals surface area contributed by atoms with E-state index in [1.54, 1.807) is 27.7 Å². The van der Waals surface area contributed by atoms with E-state index in [0.717, 1.165) is 6.07 Å². The largest absolute Gasteiger partial charge is 0.504 e. The van der Waals surface area contributed by atoms with Crippen molar-refractivity contribution in [2.24, 2.45) is 5.73 Å². The molecule has 8 N–H and O–H groups in total. The average Bonchev–Trinajstić information content (AvgIpc) is 2.99. The van der Waals surface area contributed by atoms with Crippen molar-refractivity contribution < 1.29 is 53.5 Å². The minimum atomic E-state index is -1.40. The number of aromatic carboxylic acids is 1.